The number of rotatable bonds is 6. The van der Waals surface area contributed by atoms with Crippen molar-refractivity contribution < 1.29 is 4.74 Å². The van der Waals surface area contributed by atoms with Crippen molar-refractivity contribution in [2.24, 2.45) is 0 Å². The van der Waals surface area contributed by atoms with Gasteiger partial charge in [-0.05, 0) is 39.3 Å². The van der Waals surface area contributed by atoms with Gasteiger partial charge < -0.3 is 10.1 Å². The van der Waals surface area contributed by atoms with Crippen molar-refractivity contribution >= 4 is 0 Å². The molecule has 1 fully saturated rings. The van der Waals surface area contributed by atoms with Crippen LogP contribution in [-0.2, 0) is 4.74 Å². The Morgan fingerprint density at radius 3 is 2.86 bits per heavy atom. The fraction of sp³-hybridized carbons (Fsp3) is 0.667. The summed E-state index contributed by atoms with van der Waals surface area (Å²) in [4.78, 5) is 2.52. The molecule has 3 heteroatoms. The number of aryl methyl sites for hydroxylation is 1. The van der Waals surface area contributed by atoms with Crippen molar-refractivity contribution in [3.8, 4) is 0 Å². The second-order valence-corrected chi connectivity index (χ2v) is 6.34. The number of morpholine rings is 1. The summed E-state index contributed by atoms with van der Waals surface area (Å²) < 4.78 is 6.11. The molecule has 1 saturated heterocycles. The second kappa shape index (κ2) is 7.92. The van der Waals surface area contributed by atoms with E-state index >= 15 is 0 Å². The largest absolute Gasteiger partial charge is 0.374 e. The quantitative estimate of drug-likeness (QED) is 0.871. The highest BCUT2D eigenvalue weighted by atomic mass is 16.5. The summed E-state index contributed by atoms with van der Waals surface area (Å²) in [6.45, 7) is 12.8. The predicted molar refractivity (Wildman–Crippen MR) is 88.7 cm³/mol. The number of hydrogen-bond donors (Lipinski definition) is 1. The number of benzene rings is 1. The summed E-state index contributed by atoms with van der Waals surface area (Å²) in [5.41, 5.74) is 2.66. The van der Waals surface area contributed by atoms with Gasteiger partial charge in [-0.3, -0.25) is 4.90 Å². The van der Waals surface area contributed by atoms with Crippen molar-refractivity contribution in [3.05, 3.63) is 35.4 Å². The van der Waals surface area contributed by atoms with E-state index in [-0.39, 0.29) is 12.1 Å². The third-order valence-electron chi connectivity index (χ3n) is 4.24. The van der Waals surface area contributed by atoms with Gasteiger partial charge in [0.15, 0.2) is 0 Å². The van der Waals surface area contributed by atoms with Crippen LogP contribution >= 0.6 is 0 Å². The Morgan fingerprint density at radius 2 is 2.19 bits per heavy atom. The first kappa shape index (κ1) is 16.5. The van der Waals surface area contributed by atoms with Crippen molar-refractivity contribution in [2.75, 3.05) is 26.2 Å². The van der Waals surface area contributed by atoms with Gasteiger partial charge in [0.1, 0.15) is 0 Å². The zero-order chi connectivity index (χ0) is 15.2. The Balaban J connectivity index is 2.15. The molecule has 1 N–H and O–H groups in total. The first-order valence-corrected chi connectivity index (χ1v) is 8.27. The summed E-state index contributed by atoms with van der Waals surface area (Å²) >= 11 is 0. The van der Waals surface area contributed by atoms with Crippen LogP contribution in [0.25, 0.3) is 0 Å². The van der Waals surface area contributed by atoms with Crippen molar-refractivity contribution in [2.45, 2.75) is 52.3 Å². The first-order valence-electron chi connectivity index (χ1n) is 8.27. The Bertz CT molecular complexity index is 433. The molecule has 2 unspecified atom stereocenters. The third-order valence-corrected chi connectivity index (χ3v) is 4.24. The molecular weight excluding hydrogens is 260 g/mol. The lowest BCUT2D eigenvalue weighted by Crippen LogP contribution is -2.50. The Hall–Kier alpha value is -0.900. The van der Waals surface area contributed by atoms with Crippen LogP contribution in [0.2, 0.25) is 0 Å². The van der Waals surface area contributed by atoms with Crippen LogP contribution in [0, 0.1) is 6.92 Å². The van der Waals surface area contributed by atoms with E-state index in [1.807, 2.05) is 0 Å². The predicted octanol–water partition coefficient (Wildman–Crippen LogP) is 3.14. The number of hydrogen-bond acceptors (Lipinski definition) is 3. The van der Waals surface area contributed by atoms with E-state index in [2.05, 4.69) is 62.2 Å². The number of ether oxygens (including phenoxy) is 1. The molecule has 0 aliphatic carbocycles. The van der Waals surface area contributed by atoms with Crippen LogP contribution in [0.3, 0.4) is 0 Å². The molecule has 1 heterocycles. The molecule has 0 aromatic heterocycles. The molecule has 0 saturated carbocycles. The molecule has 0 bridgehead atoms. The van der Waals surface area contributed by atoms with E-state index < -0.39 is 0 Å². The van der Waals surface area contributed by atoms with Gasteiger partial charge in [0, 0.05) is 19.1 Å². The molecule has 2 atom stereocenters. The molecule has 1 aromatic rings. The van der Waals surface area contributed by atoms with Crippen LogP contribution in [0.15, 0.2) is 24.3 Å². The Kier molecular flexibility index (Phi) is 6.22. The molecule has 1 aromatic carbocycles. The van der Waals surface area contributed by atoms with Crippen LogP contribution in [0.4, 0.5) is 0 Å². The molecule has 118 valence electrons. The smallest absolute Gasteiger partial charge is 0.0897 e. The van der Waals surface area contributed by atoms with Gasteiger partial charge in [-0.1, -0.05) is 36.8 Å². The zero-order valence-electron chi connectivity index (χ0n) is 13.9. The summed E-state index contributed by atoms with van der Waals surface area (Å²) in [6.07, 6.45) is 1.37. The SMILES string of the molecule is CCCNC(c1cccc(C)c1)C1CN(C(C)C)CCO1. The maximum atomic E-state index is 6.11. The molecule has 0 spiro atoms. The van der Waals surface area contributed by atoms with Gasteiger partial charge in [0.05, 0.1) is 18.8 Å². The molecular formula is C18H30N2O. The molecule has 1 aliphatic heterocycles. The third kappa shape index (κ3) is 4.53. The monoisotopic (exact) mass is 290 g/mol. The standard InChI is InChI=1S/C18H30N2O/c1-5-9-19-18(16-8-6-7-15(4)12-16)17-13-20(14(2)3)10-11-21-17/h6-8,12,14,17-19H,5,9-11,13H2,1-4H3. The minimum Gasteiger partial charge on any atom is -0.374 e. The van der Waals surface area contributed by atoms with E-state index in [0.717, 1.165) is 32.7 Å². The minimum atomic E-state index is 0.231. The van der Waals surface area contributed by atoms with Gasteiger partial charge in [-0.15, -0.1) is 0 Å². The van der Waals surface area contributed by atoms with Crippen molar-refractivity contribution in [1.29, 1.82) is 0 Å². The summed E-state index contributed by atoms with van der Waals surface area (Å²) in [6, 6.07) is 9.67. The summed E-state index contributed by atoms with van der Waals surface area (Å²) in [5, 5.41) is 3.69. The molecule has 21 heavy (non-hydrogen) atoms. The van der Waals surface area contributed by atoms with Gasteiger partial charge in [0.2, 0.25) is 0 Å². The maximum absolute atomic E-state index is 6.11. The van der Waals surface area contributed by atoms with Crippen molar-refractivity contribution in [3.63, 3.8) is 0 Å². The number of nitrogens with one attached hydrogen (secondary N) is 1. The lowest BCUT2D eigenvalue weighted by Gasteiger charge is -2.39. The van der Waals surface area contributed by atoms with E-state index in [1.54, 1.807) is 0 Å². The minimum absolute atomic E-state index is 0.231. The van der Waals surface area contributed by atoms with E-state index in [0.29, 0.717) is 6.04 Å². The topological polar surface area (TPSA) is 24.5 Å². The summed E-state index contributed by atoms with van der Waals surface area (Å²) in [5.74, 6) is 0. The molecule has 2 rings (SSSR count). The van der Waals surface area contributed by atoms with E-state index in [1.165, 1.54) is 11.1 Å². The van der Waals surface area contributed by atoms with Gasteiger partial charge >= 0.3 is 0 Å². The first-order chi connectivity index (χ1) is 10.1. The fourth-order valence-electron chi connectivity index (χ4n) is 2.99. The molecule has 1 aliphatic rings. The molecule has 0 radical (unpaired) electrons. The van der Waals surface area contributed by atoms with Gasteiger partial charge in [0.25, 0.3) is 0 Å². The van der Waals surface area contributed by atoms with Crippen LogP contribution < -0.4 is 5.32 Å². The highest BCUT2D eigenvalue weighted by Gasteiger charge is 2.29. The normalized spacial score (nSPS) is 21.7. The Morgan fingerprint density at radius 1 is 1.38 bits per heavy atom. The average Bonchev–Trinajstić information content (AvgIpc) is 2.48. The fourth-order valence-corrected chi connectivity index (χ4v) is 2.99. The lowest BCUT2D eigenvalue weighted by molar-refractivity contribution is -0.0560. The highest BCUT2D eigenvalue weighted by Crippen LogP contribution is 2.24. The lowest BCUT2D eigenvalue weighted by atomic mass is 9.97. The van der Waals surface area contributed by atoms with E-state index in [4.69, 9.17) is 4.74 Å². The van der Waals surface area contributed by atoms with Crippen molar-refractivity contribution in [1.82, 2.24) is 10.2 Å². The maximum Gasteiger partial charge on any atom is 0.0897 e. The molecule has 0 amide bonds. The Labute approximate surface area is 129 Å². The van der Waals surface area contributed by atoms with Crippen LogP contribution in [0.1, 0.15) is 44.4 Å². The van der Waals surface area contributed by atoms with E-state index in [9.17, 15) is 0 Å². The average molecular weight is 290 g/mol. The summed E-state index contributed by atoms with van der Waals surface area (Å²) in [7, 11) is 0. The van der Waals surface area contributed by atoms with Gasteiger partial charge in [-0.2, -0.15) is 0 Å². The highest BCUT2D eigenvalue weighted by molar-refractivity contribution is 5.26. The zero-order valence-corrected chi connectivity index (χ0v) is 13.9. The van der Waals surface area contributed by atoms with Gasteiger partial charge in [-0.25, -0.2) is 0 Å². The molecule has 3 nitrogen and oxygen atoms in total. The van der Waals surface area contributed by atoms with Crippen LogP contribution in [-0.4, -0.2) is 43.3 Å². The number of nitrogens with zero attached hydrogens (tertiary/aromatic N) is 1. The second-order valence-electron chi connectivity index (χ2n) is 6.34. The van der Waals surface area contributed by atoms with Crippen LogP contribution in [0.5, 0.6) is 0 Å².